The minimum absolute atomic E-state index is 0.619. The normalized spacial score (nSPS) is 11.8. The summed E-state index contributed by atoms with van der Waals surface area (Å²) in [6, 6.07) is 19.1. The molecule has 0 aliphatic carbocycles. The Kier molecular flexibility index (Phi) is 4.72. The molecule has 0 saturated heterocycles. The molecule has 1 N–H and O–H groups in total. The van der Waals surface area contributed by atoms with E-state index in [2.05, 4.69) is 83.4 Å². The molecule has 4 rings (SSSR count). The molecule has 2 heterocycles. The van der Waals surface area contributed by atoms with Crippen LogP contribution in [0.3, 0.4) is 0 Å². The van der Waals surface area contributed by atoms with Gasteiger partial charge in [-0.1, -0.05) is 50.2 Å². The van der Waals surface area contributed by atoms with E-state index < -0.39 is 0 Å². The van der Waals surface area contributed by atoms with Crippen molar-refractivity contribution in [3.63, 3.8) is 0 Å². The van der Waals surface area contributed by atoms with Crippen LogP contribution in [0.15, 0.2) is 67.0 Å². The first-order valence-electron chi connectivity index (χ1n) is 9.30. The van der Waals surface area contributed by atoms with Gasteiger partial charge < -0.3 is 4.98 Å². The van der Waals surface area contributed by atoms with E-state index in [1.807, 2.05) is 12.3 Å². The van der Waals surface area contributed by atoms with E-state index in [4.69, 9.17) is 0 Å². The summed E-state index contributed by atoms with van der Waals surface area (Å²) < 4.78 is 0. The zero-order valence-electron chi connectivity index (χ0n) is 15.4. The van der Waals surface area contributed by atoms with Crippen molar-refractivity contribution < 1.29 is 0 Å². The molecule has 3 heteroatoms. The van der Waals surface area contributed by atoms with Crippen LogP contribution in [0, 0.1) is 5.92 Å². The van der Waals surface area contributed by atoms with Crippen molar-refractivity contribution >= 4 is 21.8 Å². The largest absolute Gasteiger partial charge is 0.361 e. The molecule has 0 amide bonds. The predicted molar refractivity (Wildman–Crippen MR) is 109 cm³/mol. The van der Waals surface area contributed by atoms with Gasteiger partial charge in [0.15, 0.2) is 0 Å². The maximum Gasteiger partial charge on any atom is 0.0702 e. The van der Waals surface area contributed by atoms with Gasteiger partial charge in [0.25, 0.3) is 0 Å². The molecule has 0 atom stereocenters. The third kappa shape index (κ3) is 3.63. The summed E-state index contributed by atoms with van der Waals surface area (Å²) in [5.74, 6) is 0.619. The van der Waals surface area contributed by atoms with Gasteiger partial charge in [-0.2, -0.15) is 0 Å². The highest BCUT2D eigenvalue weighted by molar-refractivity contribution is 5.83. The van der Waals surface area contributed by atoms with E-state index >= 15 is 0 Å². The quantitative estimate of drug-likeness (QED) is 0.510. The first kappa shape index (κ1) is 16.8. The van der Waals surface area contributed by atoms with E-state index in [1.54, 1.807) is 0 Å². The van der Waals surface area contributed by atoms with Crippen molar-refractivity contribution in [2.75, 3.05) is 6.54 Å². The van der Waals surface area contributed by atoms with Crippen molar-refractivity contribution in [2.45, 2.75) is 26.9 Å². The number of rotatable bonds is 6. The second-order valence-corrected chi connectivity index (χ2v) is 7.46. The van der Waals surface area contributed by atoms with Crippen LogP contribution in [0.1, 0.15) is 25.0 Å². The fourth-order valence-electron chi connectivity index (χ4n) is 3.67. The van der Waals surface area contributed by atoms with E-state index in [1.165, 1.54) is 27.4 Å². The first-order valence-corrected chi connectivity index (χ1v) is 9.30. The van der Waals surface area contributed by atoms with Crippen molar-refractivity contribution in [3.8, 4) is 0 Å². The van der Waals surface area contributed by atoms with E-state index in [0.29, 0.717) is 5.92 Å². The fourth-order valence-corrected chi connectivity index (χ4v) is 3.67. The fraction of sp³-hybridized carbons (Fsp3) is 0.261. The highest BCUT2D eigenvalue weighted by Gasteiger charge is 2.12. The smallest absolute Gasteiger partial charge is 0.0702 e. The Morgan fingerprint density at radius 1 is 1.00 bits per heavy atom. The summed E-state index contributed by atoms with van der Waals surface area (Å²) in [6.07, 6.45) is 4.17. The molecule has 0 bridgehead atoms. The molecule has 0 aliphatic rings. The molecule has 0 saturated carbocycles. The van der Waals surface area contributed by atoms with Crippen molar-refractivity contribution in [3.05, 3.63) is 78.1 Å². The summed E-state index contributed by atoms with van der Waals surface area (Å²) in [5, 5.41) is 2.53. The highest BCUT2D eigenvalue weighted by atomic mass is 15.1. The van der Waals surface area contributed by atoms with Crippen LogP contribution in [0.4, 0.5) is 0 Å². The Hall–Kier alpha value is -2.65. The molecule has 3 nitrogen and oxygen atoms in total. The minimum Gasteiger partial charge on any atom is -0.361 e. The zero-order valence-corrected chi connectivity index (χ0v) is 15.4. The highest BCUT2D eigenvalue weighted by Crippen LogP contribution is 2.21. The van der Waals surface area contributed by atoms with Crippen LogP contribution in [0.2, 0.25) is 0 Å². The van der Waals surface area contributed by atoms with Gasteiger partial charge in [-0.15, -0.1) is 0 Å². The van der Waals surface area contributed by atoms with Gasteiger partial charge in [0.1, 0.15) is 0 Å². The van der Waals surface area contributed by atoms with Gasteiger partial charge in [-0.3, -0.25) is 9.88 Å². The van der Waals surface area contributed by atoms with Crippen LogP contribution in [0.25, 0.3) is 21.8 Å². The van der Waals surface area contributed by atoms with Gasteiger partial charge in [0.2, 0.25) is 0 Å². The number of benzene rings is 2. The number of hydrogen-bond donors (Lipinski definition) is 1. The Balaban J connectivity index is 1.59. The van der Waals surface area contributed by atoms with Gasteiger partial charge in [-0.25, -0.2) is 0 Å². The Bertz CT molecular complexity index is 1020. The predicted octanol–water partition coefficient (Wildman–Crippen LogP) is 5.37. The number of H-pyrrole nitrogens is 1. The maximum atomic E-state index is 4.63. The number of aromatic nitrogens is 2. The number of para-hydroxylation sites is 2. The lowest BCUT2D eigenvalue weighted by Crippen LogP contribution is -2.27. The Labute approximate surface area is 154 Å². The first-order chi connectivity index (χ1) is 12.7. The second kappa shape index (κ2) is 7.30. The van der Waals surface area contributed by atoms with Crippen molar-refractivity contribution in [1.82, 2.24) is 14.9 Å². The maximum absolute atomic E-state index is 4.63. The number of pyridine rings is 1. The lowest BCUT2D eigenvalue weighted by Gasteiger charge is -2.24. The van der Waals surface area contributed by atoms with Crippen LogP contribution in [-0.2, 0) is 13.1 Å². The van der Waals surface area contributed by atoms with Crippen LogP contribution in [0.5, 0.6) is 0 Å². The average molecular weight is 343 g/mol. The van der Waals surface area contributed by atoms with E-state index in [0.717, 1.165) is 25.2 Å². The molecule has 26 heavy (non-hydrogen) atoms. The van der Waals surface area contributed by atoms with Crippen LogP contribution >= 0.6 is 0 Å². The van der Waals surface area contributed by atoms with Crippen molar-refractivity contribution in [2.24, 2.45) is 5.92 Å². The van der Waals surface area contributed by atoms with Crippen LogP contribution in [-0.4, -0.2) is 21.4 Å². The molecule has 0 radical (unpaired) electrons. The molecule has 0 unspecified atom stereocenters. The minimum atomic E-state index is 0.619. The molecular formula is C23H25N3. The lowest BCUT2D eigenvalue weighted by molar-refractivity contribution is 0.228. The SMILES string of the molecule is CC(C)CN(Cc1cnc2ccccc2c1)Cc1c[nH]c2ccccc12. The Morgan fingerprint density at radius 2 is 1.81 bits per heavy atom. The molecular weight excluding hydrogens is 318 g/mol. The lowest BCUT2D eigenvalue weighted by atomic mass is 10.1. The van der Waals surface area contributed by atoms with Gasteiger partial charge in [0, 0.05) is 48.3 Å². The summed E-state index contributed by atoms with van der Waals surface area (Å²) in [5.41, 5.74) is 4.89. The molecule has 2 aromatic carbocycles. The topological polar surface area (TPSA) is 31.9 Å². The summed E-state index contributed by atoms with van der Waals surface area (Å²) >= 11 is 0. The monoisotopic (exact) mass is 343 g/mol. The molecule has 0 fully saturated rings. The third-order valence-electron chi connectivity index (χ3n) is 4.75. The van der Waals surface area contributed by atoms with Gasteiger partial charge in [-0.05, 0) is 35.2 Å². The Morgan fingerprint density at radius 3 is 2.69 bits per heavy atom. The second-order valence-electron chi connectivity index (χ2n) is 7.46. The number of fused-ring (bicyclic) bond motifs is 2. The van der Waals surface area contributed by atoms with Crippen LogP contribution < -0.4 is 0 Å². The van der Waals surface area contributed by atoms with Gasteiger partial charge in [0.05, 0.1) is 5.52 Å². The third-order valence-corrected chi connectivity index (χ3v) is 4.75. The molecule has 132 valence electrons. The van der Waals surface area contributed by atoms with Crippen molar-refractivity contribution in [1.29, 1.82) is 0 Å². The molecule has 0 aliphatic heterocycles. The molecule has 0 spiro atoms. The van der Waals surface area contributed by atoms with E-state index in [9.17, 15) is 0 Å². The molecule has 4 aromatic rings. The summed E-state index contributed by atoms with van der Waals surface area (Å²) in [4.78, 5) is 10.5. The number of aromatic amines is 1. The summed E-state index contributed by atoms with van der Waals surface area (Å²) in [7, 11) is 0. The summed E-state index contributed by atoms with van der Waals surface area (Å²) in [6.45, 7) is 7.47. The van der Waals surface area contributed by atoms with Gasteiger partial charge >= 0.3 is 0 Å². The standard InChI is InChI=1S/C23H25N3/c1-17(2)14-26(16-20-13-25-23-10-6-4-8-21(20)23)15-18-11-19-7-3-5-9-22(19)24-12-18/h3-13,17,25H,14-16H2,1-2H3. The number of nitrogens with zero attached hydrogens (tertiary/aromatic N) is 2. The average Bonchev–Trinajstić information content (AvgIpc) is 3.04. The zero-order chi connectivity index (χ0) is 17.9. The number of hydrogen-bond acceptors (Lipinski definition) is 2. The van der Waals surface area contributed by atoms with E-state index in [-0.39, 0.29) is 0 Å². The number of nitrogens with one attached hydrogen (secondary N) is 1. The molecule has 2 aromatic heterocycles.